The van der Waals surface area contributed by atoms with E-state index in [1.807, 2.05) is 0 Å². The standard InChI is InChI=1S/C10H18N2O/c1-10(2,13)7-12-9-5-3-4-8(9)6-11/h8-9,12-13H,3-5,7H2,1-2H3. The molecule has 13 heavy (non-hydrogen) atoms. The minimum atomic E-state index is -0.678. The Kier molecular flexibility index (Phi) is 3.29. The van der Waals surface area contributed by atoms with Crippen molar-refractivity contribution in [3.63, 3.8) is 0 Å². The van der Waals surface area contributed by atoms with Gasteiger partial charge in [0.15, 0.2) is 0 Å². The van der Waals surface area contributed by atoms with Crippen molar-refractivity contribution in [3.8, 4) is 6.07 Å². The van der Waals surface area contributed by atoms with E-state index in [1.165, 1.54) is 0 Å². The predicted molar refractivity (Wildman–Crippen MR) is 51.0 cm³/mol. The van der Waals surface area contributed by atoms with Crippen LogP contribution in [-0.4, -0.2) is 23.3 Å². The van der Waals surface area contributed by atoms with Crippen LogP contribution in [0.4, 0.5) is 0 Å². The lowest BCUT2D eigenvalue weighted by Gasteiger charge is -2.22. The highest BCUT2D eigenvalue weighted by Crippen LogP contribution is 2.24. The van der Waals surface area contributed by atoms with Crippen molar-refractivity contribution >= 4 is 0 Å². The Morgan fingerprint density at radius 2 is 2.23 bits per heavy atom. The first-order chi connectivity index (χ1) is 6.03. The molecule has 0 spiro atoms. The third kappa shape index (κ3) is 3.33. The first-order valence-corrected chi connectivity index (χ1v) is 4.88. The third-order valence-electron chi connectivity index (χ3n) is 2.48. The van der Waals surface area contributed by atoms with Crippen molar-refractivity contribution in [2.45, 2.75) is 44.8 Å². The van der Waals surface area contributed by atoms with Crippen molar-refractivity contribution in [2.75, 3.05) is 6.54 Å². The summed E-state index contributed by atoms with van der Waals surface area (Å²) in [5.41, 5.74) is -0.678. The van der Waals surface area contributed by atoms with E-state index in [4.69, 9.17) is 5.26 Å². The summed E-state index contributed by atoms with van der Waals surface area (Å²) in [5, 5.41) is 21.6. The number of nitrogens with one attached hydrogen (secondary N) is 1. The van der Waals surface area contributed by atoms with E-state index >= 15 is 0 Å². The number of hydrogen-bond acceptors (Lipinski definition) is 3. The van der Waals surface area contributed by atoms with Crippen LogP contribution in [-0.2, 0) is 0 Å². The van der Waals surface area contributed by atoms with E-state index in [9.17, 15) is 5.11 Å². The van der Waals surface area contributed by atoms with Gasteiger partial charge in [0.05, 0.1) is 17.6 Å². The van der Waals surface area contributed by atoms with E-state index in [-0.39, 0.29) is 12.0 Å². The highest BCUT2D eigenvalue weighted by atomic mass is 16.3. The molecule has 0 aliphatic heterocycles. The van der Waals surface area contributed by atoms with Gasteiger partial charge in [0, 0.05) is 12.6 Å². The topological polar surface area (TPSA) is 56.0 Å². The Bertz CT molecular complexity index is 202. The van der Waals surface area contributed by atoms with Gasteiger partial charge in [-0.05, 0) is 26.7 Å². The Balaban J connectivity index is 2.33. The summed E-state index contributed by atoms with van der Waals surface area (Å²) in [6.45, 7) is 4.11. The number of hydrogen-bond donors (Lipinski definition) is 2. The summed E-state index contributed by atoms with van der Waals surface area (Å²) in [6.07, 6.45) is 3.19. The largest absolute Gasteiger partial charge is 0.389 e. The average Bonchev–Trinajstić information content (AvgIpc) is 2.46. The molecule has 3 nitrogen and oxygen atoms in total. The highest BCUT2D eigenvalue weighted by Gasteiger charge is 2.27. The molecule has 0 heterocycles. The number of nitrogens with zero attached hydrogens (tertiary/aromatic N) is 1. The average molecular weight is 182 g/mol. The summed E-state index contributed by atoms with van der Waals surface area (Å²) in [5.74, 6) is 0.141. The van der Waals surface area contributed by atoms with E-state index in [2.05, 4.69) is 11.4 Å². The fraction of sp³-hybridized carbons (Fsp3) is 0.900. The van der Waals surface area contributed by atoms with E-state index in [0.717, 1.165) is 19.3 Å². The van der Waals surface area contributed by atoms with Gasteiger partial charge in [-0.1, -0.05) is 6.42 Å². The Labute approximate surface area is 79.8 Å². The highest BCUT2D eigenvalue weighted by molar-refractivity contribution is 4.96. The lowest BCUT2D eigenvalue weighted by Crippen LogP contribution is -2.41. The molecule has 0 amide bonds. The molecule has 0 aromatic rings. The molecular weight excluding hydrogens is 164 g/mol. The zero-order valence-corrected chi connectivity index (χ0v) is 8.38. The van der Waals surface area contributed by atoms with Crippen LogP contribution in [0.25, 0.3) is 0 Å². The molecule has 1 rings (SSSR count). The van der Waals surface area contributed by atoms with Gasteiger partial charge in [0.2, 0.25) is 0 Å². The smallest absolute Gasteiger partial charge is 0.0715 e. The van der Waals surface area contributed by atoms with Crippen LogP contribution >= 0.6 is 0 Å². The summed E-state index contributed by atoms with van der Waals surface area (Å²) in [7, 11) is 0. The third-order valence-corrected chi connectivity index (χ3v) is 2.48. The molecule has 1 saturated carbocycles. The molecule has 0 saturated heterocycles. The van der Waals surface area contributed by atoms with Crippen LogP contribution in [0.1, 0.15) is 33.1 Å². The van der Waals surface area contributed by atoms with Gasteiger partial charge in [-0.15, -0.1) is 0 Å². The fourth-order valence-corrected chi connectivity index (χ4v) is 1.74. The number of rotatable bonds is 3. The van der Waals surface area contributed by atoms with Gasteiger partial charge >= 0.3 is 0 Å². The minimum Gasteiger partial charge on any atom is -0.389 e. The fourth-order valence-electron chi connectivity index (χ4n) is 1.74. The van der Waals surface area contributed by atoms with Crippen LogP contribution in [0.3, 0.4) is 0 Å². The van der Waals surface area contributed by atoms with Crippen molar-refractivity contribution in [2.24, 2.45) is 5.92 Å². The molecule has 74 valence electrons. The van der Waals surface area contributed by atoms with Crippen molar-refractivity contribution in [1.82, 2.24) is 5.32 Å². The number of aliphatic hydroxyl groups is 1. The quantitative estimate of drug-likeness (QED) is 0.685. The molecule has 2 unspecified atom stereocenters. The molecule has 0 bridgehead atoms. The zero-order valence-electron chi connectivity index (χ0n) is 8.38. The summed E-state index contributed by atoms with van der Waals surface area (Å²) >= 11 is 0. The van der Waals surface area contributed by atoms with Gasteiger partial charge in [-0.25, -0.2) is 0 Å². The zero-order chi connectivity index (χ0) is 9.90. The lowest BCUT2D eigenvalue weighted by atomic mass is 10.0. The Morgan fingerprint density at radius 1 is 1.54 bits per heavy atom. The SMILES string of the molecule is CC(C)(O)CNC1CCCC1C#N. The molecule has 0 aromatic carbocycles. The molecule has 2 atom stereocenters. The summed E-state index contributed by atoms with van der Waals surface area (Å²) < 4.78 is 0. The molecular formula is C10H18N2O. The first-order valence-electron chi connectivity index (χ1n) is 4.88. The van der Waals surface area contributed by atoms with Gasteiger partial charge in [-0.2, -0.15) is 5.26 Å². The molecule has 1 fully saturated rings. The van der Waals surface area contributed by atoms with E-state index in [1.54, 1.807) is 13.8 Å². The lowest BCUT2D eigenvalue weighted by molar-refractivity contribution is 0.0756. The first kappa shape index (κ1) is 10.5. The van der Waals surface area contributed by atoms with Gasteiger partial charge in [0.25, 0.3) is 0 Å². The maximum Gasteiger partial charge on any atom is 0.0715 e. The summed E-state index contributed by atoms with van der Waals surface area (Å²) in [4.78, 5) is 0. The van der Waals surface area contributed by atoms with Crippen molar-refractivity contribution in [1.29, 1.82) is 5.26 Å². The second-order valence-corrected chi connectivity index (χ2v) is 4.47. The molecule has 1 aliphatic carbocycles. The van der Waals surface area contributed by atoms with Gasteiger partial charge < -0.3 is 10.4 Å². The maximum atomic E-state index is 9.49. The van der Waals surface area contributed by atoms with E-state index < -0.39 is 5.60 Å². The second-order valence-electron chi connectivity index (χ2n) is 4.47. The van der Waals surface area contributed by atoms with E-state index in [0.29, 0.717) is 6.54 Å². The van der Waals surface area contributed by atoms with Crippen LogP contribution in [0, 0.1) is 17.2 Å². The number of nitriles is 1. The normalized spacial score (nSPS) is 28.8. The predicted octanol–water partition coefficient (Wildman–Crippen LogP) is 1.04. The Hall–Kier alpha value is -0.590. The van der Waals surface area contributed by atoms with Crippen molar-refractivity contribution < 1.29 is 5.11 Å². The maximum absolute atomic E-state index is 9.49. The molecule has 3 heteroatoms. The van der Waals surface area contributed by atoms with Crippen LogP contribution in [0.5, 0.6) is 0 Å². The molecule has 0 radical (unpaired) electrons. The van der Waals surface area contributed by atoms with Crippen molar-refractivity contribution in [3.05, 3.63) is 0 Å². The van der Waals surface area contributed by atoms with Crippen LogP contribution in [0.2, 0.25) is 0 Å². The van der Waals surface area contributed by atoms with Crippen LogP contribution < -0.4 is 5.32 Å². The molecule has 0 aromatic heterocycles. The van der Waals surface area contributed by atoms with Gasteiger partial charge in [-0.3, -0.25) is 0 Å². The second kappa shape index (κ2) is 4.08. The van der Waals surface area contributed by atoms with Crippen LogP contribution in [0.15, 0.2) is 0 Å². The molecule has 1 aliphatic rings. The van der Waals surface area contributed by atoms with Gasteiger partial charge in [0.1, 0.15) is 0 Å². The summed E-state index contributed by atoms with van der Waals surface area (Å²) in [6, 6.07) is 2.59. The minimum absolute atomic E-state index is 0.141. The monoisotopic (exact) mass is 182 g/mol. The Morgan fingerprint density at radius 3 is 2.77 bits per heavy atom. The molecule has 2 N–H and O–H groups in total.